The minimum Gasteiger partial charge on any atom is -0.390 e. The van der Waals surface area contributed by atoms with E-state index in [0.29, 0.717) is 5.92 Å². The van der Waals surface area contributed by atoms with Gasteiger partial charge in [-0.15, -0.1) is 0 Å². The van der Waals surface area contributed by atoms with Crippen LogP contribution in [0, 0.1) is 5.92 Å². The largest absolute Gasteiger partial charge is 0.390 e. The Hall–Kier alpha value is -0.120. The third kappa shape index (κ3) is 3.63. The first-order chi connectivity index (χ1) is 6.09. The monoisotopic (exact) mass is 188 g/mol. The Morgan fingerprint density at radius 2 is 2.15 bits per heavy atom. The lowest BCUT2D eigenvalue weighted by Gasteiger charge is -2.31. The van der Waals surface area contributed by atoms with E-state index in [9.17, 15) is 5.11 Å². The molecule has 0 spiro atoms. The van der Waals surface area contributed by atoms with Gasteiger partial charge in [-0.25, -0.2) is 0 Å². The summed E-state index contributed by atoms with van der Waals surface area (Å²) in [4.78, 5) is 0. The summed E-state index contributed by atoms with van der Waals surface area (Å²) >= 11 is 0. The molecule has 1 heterocycles. The van der Waals surface area contributed by atoms with Crippen molar-refractivity contribution in [3.05, 3.63) is 0 Å². The minimum atomic E-state index is -0.320. The van der Waals surface area contributed by atoms with Gasteiger partial charge in [0, 0.05) is 6.42 Å². The maximum absolute atomic E-state index is 9.39. The van der Waals surface area contributed by atoms with Crippen LogP contribution in [0.15, 0.2) is 0 Å². The second-order valence-corrected chi connectivity index (χ2v) is 4.14. The Labute approximate surface area is 80.0 Å². The maximum Gasteiger partial charge on any atom is 0.158 e. The van der Waals surface area contributed by atoms with Crippen LogP contribution in [0.1, 0.15) is 33.6 Å². The van der Waals surface area contributed by atoms with Crippen molar-refractivity contribution in [2.45, 2.75) is 52.1 Å². The predicted molar refractivity (Wildman–Crippen MR) is 50.4 cm³/mol. The molecule has 1 fully saturated rings. The fraction of sp³-hybridized carbons (Fsp3) is 1.00. The molecule has 3 heteroatoms. The van der Waals surface area contributed by atoms with Crippen molar-refractivity contribution >= 4 is 0 Å². The highest BCUT2D eigenvalue weighted by Crippen LogP contribution is 2.20. The normalized spacial score (nSPS) is 35.3. The highest BCUT2D eigenvalue weighted by atomic mass is 16.7. The quantitative estimate of drug-likeness (QED) is 0.730. The lowest BCUT2D eigenvalue weighted by molar-refractivity contribution is -0.220. The molecule has 0 saturated carbocycles. The van der Waals surface area contributed by atoms with Crippen LogP contribution in [0.4, 0.5) is 0 Å². The van der Waals surface area contributed by atoms with E-state index in [2.05, 4.69) is 13.8 Å². The molecule has 0 radical (unpaired) electrons. The molecule has 0 aromatic carbocycles. The van der Waals surface area contributed by atoms with Gasteiger partial charge in [0.2, 0.25) is 0 Å². The van der Waals surface area contributed by atoms with Crippen LogP contribution >= 0.6 is 0 Å². The van der Waals surface area contributed by atoms with E-state index in [4.69, 9.17) is 9.47 Å². The highest BCUT2D eigenvalue weighted by Gasteiger charge is 2.26. The van der Waals surface area contributed by atoms with Gasteiger partial charge in [-0.1, -0.05) is 13.8 Å². The predicted octanol–water partition coefficient (Wildman–Crippen LogP) is 1.54. The Morgan fingerprint density at radius 3 is 2.69 bits per heavy atom. The van der Waals surface area contributed by atoms with Gasteiger partial charge in [0.1, 0.15) is 0 Å². The molecule has 0 aromatic rings. The number of ether oxygens (including phenoxy) is 2. The van der Waals surface area contributed by atoms with E-state index >= 15 is 0 Å². The SMILES string of the molecule is CC(C)CO[C@H]1CC[C@@H](O)[C@H](C)O1. The van der Waals surface area contributed by atoms with E-state index in [1.807, 2.05) is 6.92 Å². The average molecular weight is 188 g/mol. The van der Waals surface area contributed by atoms with Gasteiger partial charge in [-0.05, 0) is 19.3 Å². The van der Waals surface area contributed by atoms with Gasteiger partial charge >= 0.3 is 0 Å². The molecule has 1 rings (SSSR count). The summed E-state index contributed by atoms with van der Waals surface area (Å²) in [5.41, 5.74) is 0. The van der Waals surface area contributed by atoms with E-state index < -0.39 is 0 Å². The van der Waals surface area contributed by atoms with Crippen molar-refractivity contribution < 1.29 is 14.6 Å². The summed E-state index contributed by atoms with van der Waals surface area (Å²) in [5.74, 6) is 0.533. The lowest BCUT2D eigenvalue weighted by atomic mass is 10.1. The molecule has 13 heavy (non-hydrogen) atoms. The van der Waals surface area contributed by atoms with Crippen molar-refractivity contribution in [3.8, 4) is 0 Å². The van der Waals surface area contributed by atoms with Crippen molar-refractivity contribution in [3.63, 3.8) is 0 Å². The van der Waals surface area contributed by atoms with Crippen LogP contribution in [0.2, 0.25) is 0 Å². The van der Waals surface area contributed by atoms with Crippen molar-refractivity contribution in [2.75, 3.05) is 6.61 Å². The summed E-state index contributed by atoms with van der Waals surface area (Å²) in [7, 11) is 0. The van der Waals surface area contributed by atoms with Crippen LogP contribution in [0.3, 0.4) is 0 Å². The third-order valence-electron chi connectivity index (χ3n) is 2.22. The Bertz CT molecular complexity index is 147. The Kier molecular flexibility index (Phi) is 4.16. The number of hydrogen-bond donors (Lipinski definition) is 1. The smallest absolute Gasteiger partial charge is 0.158 e. The van der Waals surface area contributed by atoms with Gasteiger partial charge in [0.05, 0.1) is 18.8 Å². The Balaban J connectivity index is 2.21. The molecular weight excluding hydrogens is 168 g/mol. The van der Waals surface area contributed by atoms with Crippen LogP contribution in [-0.4, -0.2) is 30.2 Å². The molecule has 3 nitrogen and oxygen atoms in total. The first-order valence-corrected chi connectivity index (χ1v) is 5.04. The molecule has 78 valence electrons. The lowest BCUT2D eigenvalue weighted by Crippen LogP contribution is -2.38. The topological polar surface area (TPSA) is 38.7 Å². The fourth-order valence-electron chi connectivity index (χ4n) is 1.36. The zero-order valence-electron chi connectivity index (χ0n) is 8.69. The van der Waals surface area contributed by atoms with Crippen molar-refractivity contribution in [1.82, 2.24) is 0 Å². The van der Waals surface area contributed by atoms with E-state index in [1.54, 1.807) is 0 Å². The molecule has 0 bridgehead atoms. The van der Waals surface area contributed by atoms with Crippen LogP contribution < -0.4 is 0 Å². The second kappa shape index (κ2) is 4.94. The van der Waals surface area contributed by atoms with Gasteiger partial charge in [0.15, 0.2) is 6.29 Å². The summed E-state index contributed by atoms with van der Waals surface area (Å²) in [6, 6.07) is 0. The average Bonchev–Trinajstić information content (AvgIpc) is 2.07. The number of hydrogen-bond acceptors (Lipinski definition) is 3. The molecule has 1 saturated heterocycles. The van der Waals surface area contributed by atoms with Gasteiger partial charge in [-0.2, -0.15) is 0 Å². The molecule has 0 unspecified atom stereocenters. The number of rotatable bonds is 3. The number of aliphatic hydroxyl groups is 1. The molecule has 1 aliphatic rings. The van der Waals surface area contributed by atoms with Crippen LogP contribution in [0.25, 0.3) is 0 Å². The Morgan fingerprint density at radius 1 is 1.46 bits per heavy atom. The fourth-order valence-corrected chi connectivity index (χ4v) is 1.36. The second-order valence-electron chi connectivity index (χ2n) is 4.14. The molecule has 1 aliphatic heterocycles. The van der Waals surface area contributed by atoms with E-state index in [0.717, 1.165) is 19.4 Å². The molecule has 0 aliphatic carbocycles. The first kappa shape index (κ1) is 11.0. The van der Waals surface area contributed by atoms with Gasteiger partial charge in [0.25, 0.3) is 0 Å². The third-order valence-corrected chi connectivity index (χ3v) is 2.22. The van der Waals surface area contributed by atoms with E-state index in [-0.39, 0.29) is 18.5 Å². The summed E-state index contributed by atoms with van der Waals surface area (Å²) in [6.07, 6.45) is 1.06. The van der Waals surface area contributed by atoms with Gasteiger partial charge in [-0.3, -0.25) is 0 Å². The maximum atomic E-state index is 9.39. The summed E-state index contributed by atoms with van der Waals surface area (Å²) in [5, 5.41) is 9.39. The standard InChI is InChI=1S/C10H20O3/c1-7(2)6-12-10-5-4-9(11)8(3)13-10/h7-11H,4-6H2,1-3H3/t8-,9+,10+/m0/s1. The molecule has 0 aromatic heterocycles. The molecule has 3 atom stereocenters. The zero-order valence-corrected chi connectivity index (χ0v) is 8.69. The van der Waals surface area contributed by atoms with Crippen molar-refractivity contribution in [1.29, 1.82) is 0 Å². The number of aliphatic hydroxyl groups excluding tert-OH is 1. The summed E-state index contributed by atoms with van der Waals surface area (Å²) in [6.45, 7) is 6.84. The molecular formula is C10H20O3. The van der Waals surface area contributed by atoms with Crippen LogP contribution in [-0.2, 0) is 9.47 Å². The first-order valence-electron chi connectivity index (χ1n) is 5.04. The minimum absolute atomic E-state index is 0.0917. The van der Waals surface area contributed by atoms with Crippen molar-refractivity contribution in [2.24, 2.45) is 5.92 Å². The summed E-state index contributed by atoms with van der Waals surface area (Å²) < 4.78 is 11.0. The molecule has 1 N–H and O–H groups in total. The van der Waals surface area contributed by atoms with E-state index in [1.165, 1.54) is 0 Å². The van der Waals surface area contributed by atoms with Crippen LogP contribution in [0.5, 0.6) is 0 Å². The zero-order chi connectivity index (χ0) is 9.84. The van der Waals surface area contributed by atoms with Gasteiger partial charge < -0.3 is 14.6 Å². The molecule has 0 amide bonds. The highest BCUT2D eigenvalue weighted by molar-refractivity contribution is 4.71.